The number of hydrogen-bond acceptors (Lipinski definition) is 3. The summed E-state index contributed by atoms with van der Waals surface area (Å²) in [5, 5.41) is 0. The van der Waals surface area contributed by atoms with Gasteiger partial charge in [0, 0.05) is 20.8 Å². The maximum atomic E-state index is 5.00. The van der Waals surface area contributed by atoms with Crippen LogP contribution in [0.15, 0.2) is 30.3 Å². The summed E-state index contributed by atoms with van der Waals surface area (Å²) in [6.07, 6.45) is 0. The second kappa shape index (κ2) is 11.1. The Morgan fingerprint density at radius 3 is 1.64 bits per heavy atom. The topological polar surface area (TPSA) is 30.5 Å². The van der Waals surface area contributed by atoms with Crippen LogP contribution in [0.4, 0.5) is 0 Å². The maximum absolute atomic E-state index is 5.00. The molecule has 0 saturated carbocycles. The van der Waals surface area contributed by atoms with Gasteiger partial charge in [0.2, 0.25) is 0 Å². The van der Waals surface area contributed by atoms with Crippen molar-refractivity contribution >= 4 is 16.8 Å². The number of benzene rings is 1. The SMILES string of the molecule is CC[Si](CC)(CC)NCc1ccccc1.CO[Si](C)(C)OC. The van der Waals surface area contributed by atoms with Gasteiger partial charge in [0.05, 0.1) is 0 Å². The van der Waals surface area contributed by atoms with Crippen LogP contribution in [-0.4, -0.2) is 31.0 Å². The van der Waals surface area contributed by atoms with E-state index in [-0.39, 0.29) is 0 Å². The van der Waals surface area contributed by atoms with Crippen LogP contribution in [0.5, 0.6) is 0 Å². The zero-order valence-electron chi connectivity index (χ0n) is 15.5. The Bertz CT molecular complexity index is 367. The van der Waals surface area contributed by atoms with Gasteiger partial charge in [-0.15, -0.1) is 0 Å². The van der Waals surface area contributed by atoms with E-state index in [1.54, 1.807) is 14.2 Å². The number of hydrogen-bond donors (Lipinski definition) is 1. The van der Waals surface area contributed by atoms with Crippen molar-refractivity contribution in [3.05, 3.63) is 35.9 Å². The van der Waals surface area contributed by atoms with Gasteiger partial charge in [-0.3, -0.25) is 0 Å². The summed E-state index contributed by atoms with van der Waals surface area (Å²) in [7, 11) is 0.551. The molecular weight excluding hydrogens is 306 g/mol. The summed E-state index contributed by atoms with van der Waals surface area (Å²) in [5.41, 5.74) is 1.41. The largest absolute Gasteiger partial charge is 0.398 e. The van der Waals surface area contributed by atoms with E-state index < -0.39 is 16.8 Å². The Hall–Kier alpha value is -0.466. The molecule has 3 nitrogen and oxygen atoms in total. The molecule has 0 aliphatic heterocycles. The first-order valence-electron chi connectivity index (χ1n) is 8.27. The third-order valence-electron chi connectivity index (χ3n) is 4.52. The molecule has 1 aromatic carbocycles. The van der Waals surface area contributed by atoms with Crippen LogP contribution in [0.2, 0.25) is 31.2 Å². The summed E-state index contributed by atoms with van der Waals surface area (Å²) in [4.78, 5) is 3.84. The van der Waals surface area contributed by atoms with Crippen LogP contribution < -0.4 is 4.98 Å². The van der Waals surface area contributed by atoms with E-state index in [0.717, 1.165) is 6.54 Å². The summed E-state index contributed by atoms with van der Waals surface area (Å²) in [5.74, 6) is 0. The zero-order chi connectivity index (χ0) is 17.1. The zero-order valence-corrected chi connectivity index (χ0v) is 17.5. The summed E-state index contributed by atoms with van der Waals surface area (Å²) in [6.45, 7) is 12.0. The lowest BCUT2D eigenvalue weighted by Gasteiger charge is -2.29. The Labute approximate surface area is 139 Å². The van der Waals surface area contributed by atoms with E-state index >= 15 is 0 Å². The van der Waals surface area contributed by atoms with Crippen molar-refractivity contribution in [3.8, 4) is 0 Å². The highest BCUT2D eigenvalue weighted by molar-refractivity contribution is 6.77. The summed E-state index contributed by atoms with van der Waals surface area (Å²) in [6, 6.07) is 14.7. The van der Waals surface area contributed by atoms with Gasteiger partial charge in [0.1, 0.15) is 8.24 Å². The molecule has 22 heavy (non-hydrogen) atoms. The highest BCUT2D eigenvalue weighted by Crippen LogP contribution is 2.17. The minimum absolute atomic E-state index is 1.04. The first kappa shape index (κ1) is 21.5. The van der Waals surface area contributed by atoms with Crippen molar-refractivity contribution in [1.29, 1.82) is 0 Å². The molecule has 0 spiro atoms. The first-order chi connectivity index (χ1) is 10.4. The van der Waals surface area contributed by atoms with Gasteiger partial charge in [-0.2, -0.15) is 0 Å². The van der Waals surface area contributed by atoms with Crippen molar-refractivity contribution in [2.75, 3.05) is 14.2 Å². The van der Waals surface area contributed by atoms with Crippen molar-refractivity contribution in [2.24, 2.45) is 0 Å². The molecule has 0 aliphatic rings. The number of nitrogens with one attached hydrogen (secondary N) is 1. The fourth-order valence-corrected chi connectivity index (χ4v) is 5.09. The van der Waals surface area contributed by atoms with E-state index in [9.17, 15) is 0 Å². The predicted octanol–water partition coefficient (Wildman–Crippen LogP) is 4.76. The van der Waals surface area contributed by atoms with Crippen LogP contribution in [0, 0.1) is 0 Å². The molecule has 128 valence electrons. The number of rotatable bonds is 8. The smallest absolute Gasteiger partial charge is 0.331 e. The second-order valence-electron chi connectivity index (χ2n) is 5.99. The normalized spacial score (nSPS) is 11.8. The van der Waals surface area contributed by atoms with Crippen molar-refractivity contribution < 1.29 is 8.85 Å². The van der Waals surface area contributed by atoms with E-state index in [0.29, 0.717) is 0 Å². The van der Waals surface area contributed by atoms with Gasteiger partial charge in [0.15, 0.2) is 0 Å². The molecule has 0 bridgehead atoms. The van der Waals surface area contributed by atoms with Crippen LogP contribution >= 0.6 is 0 Å². The summed E-state index contributed by atoms with van der Waals surface area (Å²) >= 11 is 0. The van der Waals surface area contributed by atoms with E-state index in [4.69, 9.17) is 8.85 Å². The quantitative estimate of drug-likeness (QED) is 0.691. The van der Waals surface area contributed by atoms with E-state index in [1.165, 1.54) is 23.7 Å². The Morgan fingerprint density at radius 2 is 1.32 bits per heavy atom. The van der Waals surface area contributed by atoms with Gasteiger partial charge in [-0.25, -0.2) is 0 Å². The lowest BCUT2D eigenvalue weighted by atomic mass is 10.2. The fourth-order valence-electron chi connectivity index (χ4n) is 2.09. The predicted molar refractivity (Wildman–Crippen MR) is 102 cm³/mol. The van der Waals surface area contributed by atoms with Gasteiger partial charge >= 0.3 is 8.56 Å². The van der Waals surface area contributed by atoms with E-state index in [2.05, 4.69) is 56.1 Å². The standard InChI is InChI=1S/C13H23NSi.C4H12O2Si/c1-4-15(5-2,6-3)14-12-13-10-8-7-9-11-13;1-5-7(3,4)6-2/h7-11,14H,4-6,12H2,1-3H3;1-4H3. The lowest BCUT2D eigenvalue weighted by molar-refractivity contribution is 0.258. The van der Waals surface area contributed by atoms with Crippen molar-refractivity contribution in [2.45, 2.75) is 58.5 Å². The highest BCUT2D eigenvalue weighted by atomic mass is 28.4. The molecule has 0 fully saturated rings. The average molecular weight is 342 g/mol. The molecule has 5 heteroatoms. The third kappa shape index (κ3) is 8.24. The molecule has 1 rings (SSSR count). The summed E-state index contributed by atoms with van der Waals surface area (Å²) < 4.78 is 10.0. The van der Waals surface area contributed by atoms with Gasteiger partial charge < -0.3 is 13.8 Å². The molecule has 0 heterocycles. The monoisotopic (exact) mass is 341 g/mol. The molecule has 0 saturated heterocycles. The van der Waals surface area contributed by atoms with Crippen molar-refractivity contribution in [3.63, 3.8) is 0 Å². The molecule has 0 amide bonds. The van der Waals surface area contributed by atoms with Gasteiger partial charge in [-0.1, -0.05) is 51.1 Å². The first-order valence-corrected chi connectivity index (χ1v) is 13.7. The van der Waals surface area contributed by atoms with Crippen molar-refractivity contribution in [1.82, 2.24) is 4.98 Å². The van der Waals surface area contributed by atoms with E-state index in [1.807, 2.05) is 13.1 Å². The third-order valence-corrected chi connectivity index (χ3v) is 11.5. The Balaban J connectivity index is 0.000000534. The Morgan fingerprint density at radius 1 is 0.864 bits per heavy atom. The highest BCUT2D eigenvalue weighted by Gasteiger charge is 2.25. The minimum atomic E-state index is -1.65. The Kier molecular flexibility index (Phi) is 10.9. The molecule has 0 radical (unpaired) electrons. The second-order valence-corrected chi connectivity index (χ2v) is 14.6. The average Bonchev–Trinajstić information content (AvgIpc) is 2.58. The fraction of sp³-hybridized carbons (Fsp3) is 0.647. The van der Waals surface area contributed by atoms with Crippen LogP contribution in [-0.2, 0) is 15.4 Å². The minimum Gasteiger partial charge on any atom is -0.398 e. The molecule has 0 aromatic heterocycles. The van der Waals surface area contributed by atoms with Crippen LogP contribution in [0.25, 0.3) is 0 Å². The molecule has 0 atom stereocenters. The molecule has 0 aliphatic carbocycles. The molecule has 1 N–H and O–H groups in total. The lowest BCUT2D eigenvalue weighted by Crippen LogP contribution is -2.48. The molecular formula is C17H35NO2Si2. The van der Waals surface area contributed by atoms with Gasteiger partial charge in [-0.05, 0) is 36.8 Å². The maximum Gasteiger partial charge on any atom is 0.331 e. The van der Waals surface area contributed by atoms with Crippen LogP contribution in [0.3, 0.4) is 0 Å². The molecule has 1 aromatic rings. The van der Waals surface area contributed by atoms with Crippen LogP contribution in [0.1, 0.15) is 26.3 Å². The van der Waals surface area contributed by atoms with Gasteiger partial charge in [0.25, 0.3) is 0 Å². The molecule has 0 unspecified atom stereocenters.